The Morgan fingerprint density at radius 1 is 1.65 bits per heavy atom. The summed E-state index contributed by atoms with van der Waals surface area (Å²) in [4.78, 5) is 12.7. The van der Waals surface area contributed by atoms with Gasteiger partial charge in [-0.3, -0.25) is 4.79 Å². The van der Waals surface area contributed by atoms with Crippen molar-refractivity contribution in [2.45, 2.75) is 39.5 Å². The van der Waals surface area contributed by atoms with Crippen molar-refractivity contribution in [3.05, 3.63) is 16.0 Å². The number of carbonyl (C=O) groups excluding carboxylic acids is 1. The average molecular weight is 248 g/mol. The van der Waals surface area contributed by atoms with Gasteiger partial charge in [0, 0.05) is 11.3 Å². The number of rotatable bonds is 2. The second-order valence-electron chi connectivity index (χ2n) is 4.57. The highest BCUT2D eigenvalue weighted by atomic mass is 32.1. The van der Waals surface area contributed by atoms with E-state index in [1.165, 1.54) is 10.4 Å². The predicted octanol–water partition coefficient (Wildman–Crippen LogP) is 3.09. The summed E-state index contributed by atoms with van der Waals surface area (Å²) < 4.78 is 0. The molecule has 0 aromatic carbocycles. The fourth-order valence-corrected chi connectivity index (χ4v) is 3.55. The number of thiophene rings is 1. The second-order valence-corrected chi connectivity index (χ2v) is 5.67. The minimum Gasteiger partial charge on any atom is -0.317 e. The van der Waals surface area contributed by atoms with Crippen LogP contribution >= 0.6 is 11.3 Å². The molecule has 0 radical (unpaired) electrons. The number of anilines is 1. The summed E-state index contributed by atoms with van der Waals surface area (Å²) in [6, 6.07) is 2.24. The number of fused-ring (bicyclic) bond motifs is 1. The SMILES string of the molecule is CCC(=O)Nc1sc2c(c1C#N)CCC(C)C2. The van der Waals surface area contributed by atoms with Gasteiger partial charge in [0.2, 0.25) is 5.91 Å². The van der Waals surface area contributed by atoms with Crippen LogP contribution in [0.4, 0.5) is 5.00 Å². The monoisotopic (exact) mass is 248 g/mol. The highest BCUT2D eigenvalue weighted by Gasteiger charge is 2.24. The average Bonchev–Trinajstić information content (AvgIpc) is 2.64. The van der Waals surface area contributed by atoms with Crippen LogP contribution in [0.1, 0.15) is 42.7 Å². The Balaban J connectivity index is 2.34. The summed E-state index contributed by atoms with van der Waals surface area (Å²) in [6.45, 7) is 4.05. The molecule has 17 heavy (non-hydrogen) atoms. The Labute approximate surface area is 105 Å². The lowest BCUT2D eigenvalue weighted by Gasteiger charge is -2.17. The number of nitrogens with zero attached hydrogens (tertiary/aromatic N) is 1. The van der Waals surface area contributed by atoms with Crippen molar-refractivity contribution in [1.82, 2.24) is 0 Å². The van der Waals surface area contributed by atoms with Crippen molar-refractivity contribution in [2.75, 3.05) is 5.32 Å². The van der Waals surface area contributed by atoms with Crippen molar-refractivity contribution in [3.63, 3.8) is 0 Å². The van der Waals surface area contributed by atoms with E-state index in [2.05, 4.69) is 18.3 Å². The molecule has 1 amide bonds. The van der Waals surface area contributed by atoms with Crippen molar-refractivity contribution in [1.29, 1.82) is 5.26 Å². The molecule has 0 spiro atoms. The van der Waals surface area contributed by atoms with Gasteiger partial charge in [-0.25, -0.2) is 0 Å². The zero-order valence-corrected chi connectivity index (χ0v) is 11.0. The molecule has 1 aromatic heterocycles. The molecule has 90 valence electrons. The van der Waals surface area contributed by atoms with E-state index in [9.17, 15) is 10.1 Å². The molecule has 3 nitrogen and oxygen atoms in total. The first-order valence-electron chi connectivity index (χ1n) is 6.00. The Kier molecular flexibility index (Phi) is 3.49. The van der Waals surface area contributed by atoms with Gasteiger partial charge in [0.05, 0.1) is 5.56 Å². The summed E-state index contributed by atoms with van der Waals surface area (Å²) in [5.41, 5.74) is 1.86. The lowest BCUT2D eigenvalue weighted by atomic mass is 9.89. The topological polar surface area (TPSA) is 52.9 Å². The first kappa shape index (κ1) is 12.1. The van der Waals surface area contributed by atoms with Gasteiger partial charge in [0.15, 0.2) is 0 Å². The smallest absolute Gasteiger partial charge is 0.224 e. The Morgan fingerprint density at radius 2 is 2.41 bits per heavy atom. The van der Waals surface area contributed by atoms with Crippen molar-refractivity contribution in [2.24, 2.45) is 5.92 Å². The van der Waals surface area contributed by atoms with Crippen LogP contribution in [-0.2, 0) is 17.6 Å². The molecule has 1 unspecified atom stereocenters. The van der Waals surface area contributed by atoms with Crippen LogP contribution in [0.3, 0.4) is 0 Å². The van der Waals surface area contributed by atoms with Crippen LogP contribution in [0.25, 0.3) is 0 Å². The summed E-state index contributed by atoms with van der Waals surface area (Å²) in [6.07, 6.45) is 3.60. The lowest BCUT2D eigenvalue weighted by Crippen LogP contribution is -2.10. The number of hydrogen-bond donors (Lipinski definition) is 1. The standard InChI is InChI=1S/C13H16N2OS/c1-3-12(16)15-13-10(7-14)9-5-4-8(2)6-11(9)17-13/h8H,3-6H2,1-2H3,(H,15,16). The summed E-state index contributed by atoms with van der Waals surface area (Å²) >= 11 is 1.58. The molecule has 0 saturated heterocycles. The molecular weight excluding hydrogens is 232 g/mol. The normalized spacial score (nSPS) is 18.3. The van der Waals surface area contributed by atoms with Gasteiger partial charge in [0.25, 0.3) is 0 Å². The highest BCUT2D eigenvalue weighted by molar-refractivity contribution is 7.16. The van der Waals surface area contributed by atoms with Gasteiger partial charge in [-0.1, -0.05) is 13.8 Å². The Hall–Kier alpha value is -1.34. The molecule has 0 saturated carbocycles. The minimum atomic E-state index is -0.0202. The zero-order valence-electron chi connectivity index (χ0n) is 10.2. The predicted molar refractivity (Wildman–Crippen MR) is 69.1 cm³/mol. The van der Waals surface area contributed by atoms with Crippen molar-refractivity contribution in [3.8, 4) is 6.07 Å². The maximum atomic E-state index is 11.4. The molecule has 0 aliphatic heterocycles. The van der Waals surface area contributed by atoms with Crippen LogP contribution in [0.5, 0.6) is 0 Å². The van der Waals surface area contributed by atoms with Crippen LogP contribution in [0.2, 0.25) is 0 Å². The molecule has 1 aliphatic carbocycles. The molecule has 0 fully saturated rings. The molecule has 1 aliphatic rings. The third kappa shape index (κ3) is 2.34. The van der Waals surface area contributed by atoms with Gasteiger partial charge < -0.3 is 5.32 Å². The molecule has 0 bridgehead atoms. The molecule has 1 N–H and O–H groups in total. The van der Waals surface area contributed by atoms with Gasteiger partial charge in [0.1, 0.15) is 11.1 Å². The van der Waals surface area contributed by atoms with Crippen LogP contribution in [0, 0.1) is 17.2 Å². The van der Waals surface area contributed by atoms with E-state index < -0.39 is 0 Å². The Bertz CT molecular complexity index is 484. The number of amides is 1. The molecule has 4 heteroatoms. The van der Waals surface area contributed by atoms with Gasteiger partial charge in [-0.2, -0.15) is 5.26 Å². The fraction of sp³-hybridized carbons (Fsp3) is 0.538. The summed E-state index contributed by atoms with van der Waals surface area (Å²) in [5, 5.41) is 12.8. The van der Waals surface area contributed by atoms with E-state index in [1.54, 1.807) is 11.3 Å². The zero-order chi connectivity index (χ0) is 12.4. The number of nitriles is 1. The van der Waals surface area contributed by atoms with E-state index >= 15 is 0 Å². The van der Waals surface area contributed by atoms with E-state index in [0.717, 1.165) is 24.3 Å². The fourth-order valence-electron chi connectivity index (χ4n) is 2.17. The minimum absolute atomic E-state index is 0.0202. The number of hydrogen-bond acceptors (Lipinski definition) is 3. The molecule has 1 aromatic rings. The largest absolute Gasteiger partial charge is 0.317 e. The summed E-state index contributed by atoms with van der Waals surface area (Å²) in [5.74, 6) is 0.663. The third-order valence-electron chi connectivity index (χ3n) is 3.20. The van der Waals surface area contributed by atoms with Crippen LogP contribution in [-0.4, -0.2) is 5.91 Å². The molecular formula is C13H16N2OS. The first-order chi connectivity index (χ1) is 8.15. The maximum Gasteiger partial charge on any atom is 0.224 e. The second kappa shape index (κ2) is 4.89. The van der Waals surface area contributed by atoms with Crippen molar-refractivity contribution < 1.29 is 4.79 Å². The Morgan fingerprint density at radius 3 is 3.06 bits per heavy atom. The van der Waals surface area contributed by atoms with Gasteiger partial charge in [-0.15, -0.1) is 11.3 Å². The van der Waals surface area contributed by atoms with Gasteiger partial charge >= 0.3 is 0 Å². The van der Waals surface area contributed by atoms with E-state index in [4.69, 9.17) is 0 Å². The van der Waals surface area contributed by atoms with Crippen LogP contribution in [0.15, 0.2) is 0 Å². The third-order valence-corrected chi connectivity index (χ3v) is 4.37. The van der Waals surface area contributed by atoms with E-state index in [1.807, 2.05) is 6.92 Å². The molecule has 2 rings (SSSR count). The van der Waals surface area contributed by atoms with Crippen LogP contribution < -0.4 is 5.32 Å². The molecule has 1 atom stereocenters. The molecule has 1 heterocycles. The van der Waals surface area contributed by atoms with E-state index in [0.29, 0.717) is 17.9 Å². The highest BCUT2D eigenvalue weighted by Crippen LogP contribution is 2.39. The van der Waals surface area contributed by atoms with Gasteiger partial charge in [-0.05, 0) is 30.7 Å². The summed E-state index contributed by atoms with van der Waals surface area (Å²) in [7, 11) is 0. The van der Waals surface area contributed by atoms with Crippen molar-refractivity contribution >= 4 is 22.2 Å². The quantitative estimate of drug-likeness (QED) is 0.874. The maximum absolute atomic E-state index is 11.4. The first-order valence-corrected chi connectivity index (χ1v) is 6.81. The number of carbonyl (C=O) groups is 1. The lowest BCUT2D eigenvalue weighted by molar-refractivity contribution is -0.115. The number of nitrogens with one attached hydrogen (secondary N) is 1. The van der Waals surface area contributed by atoms with E-state index in [-0.39, 0.29) is 5.91 Å².